The summed E-state index contributed by atoms with van der Waals surface area (Å²) in [5.74, 6) is 0. The van der Waals surface area contributed by atoms with Crippen LogP contribution in [-0.2, 0) is 16.0 Å². The number of nitrogens with zero attached hydrogens (tertiary/aromatic N) is 1. The van der Waals surface area contributed by atoms with Crippen molar-refractivity contribution < 1.29 is 14.6 Å². The Morgan fingerprint density at radius 1 is 1.40 bits per heavy atom. The lowest BCUT2D eigenvalue weighted by molar-refractivity contribution is -0.144. The van der Waals surface area contributed by atoms with Gasteiger partial charge in [0.2, 0.25) is 0 Å². The third-order valence-electron chi connectivity index (χ3n) is 3.91. The zero-order chi connectivity index (χ0) is 14.4. The summed E-state index contributed by atoms with van der Waals surface area (Å²) in [5, 5.41) is 9.21. The summed E-state index contributed by atoms with van der Waals surface area (Å²) in [4.78, 5) is 2.40. The van der Waals surface area contributed by atoms with Crippen molar-refractivity contribution in [1.82, 2.24) is 4.90 Å². The van der Waals surface area contributed by atoms with E-state index in [9.17, 15) is 5.11 Å². The van der Waals surface area contributed by atoms with Gasteiger partial charge in [-0.05, 0) is 12.5 Å². The van der Waals surface area contributed by atoms with Gasteiger partial charge >= 0.3 is 0 Å². The van der Waals surface area contributed by atoms with Gasteiger partial charge in [-0.3, -0.25) is 4.90 Å². The van der Waals surface area contributed by atoms with Crippen LogP contribution in [0.15, 0.2) is 30.3 Å². The van der Waals surface area contributed by atoms with Crippen LogP contribution in [0.1, 0.15) is 18.9 Å². The number of rotatable bonds is 6. The minimum atomic E-state index is -0.270. The Morgan fingerprint density at radius 2 is 2.15 bits per heavy atom. The summed E-state index contributed by atoms with van der Waals surface area (Å²) >= 11 is 0. The molecule has 1 fully saturated rings. The minimum absolute atomic E-state index is 0.157. The molecule has 1 aromatic carbocycles. The minimum Gasteiger partial charge on any atom is -0.396 e. The van der Waals surface area contributed by atoms with E-state index in [-0.39, 0.29) is 18.2 Å². The van der Waals surface area contributed by atoms with Crippen LogP contribution in [0.2, 0.25) is 0 Å². The molecule has 1 saturated heterocycles. The van der Waals surface area contributed by atoms with E-state index < -0.39 is 0 Å². The van der Waals surface area contributed by atoms with Gasteiger partial charge in [-0.2, -0.15) is 0 Å². The Morgan fingerprint density at radius 3 is 2.80 bits per heavy atom. The molecule has 2 rings (SSSR count). The molecule has 1 aromatic rings. The fourth-order valence-electron chi connectivity index (χ4n) is 2.74. The quantitative estimate of drug-likeness (QED) is 0.860. The van der Waals surface area contributed by atoms with Crippen LogP contribution in [0.5, 0.6) is 0 Å². The smallest absolute Gasteiger partial charge is 0.0803 e. The Labute approximate surface area is 121 Å². The molecular weight excluding hydrogens is 254 g/mol. The van der Waals surface area contributed by atoms with Crippen LogP contribution in [0, 0.1) is 0 Å². The van der Waals surface area contributed by atoms with Gasteiger partial charge in [0.15, 0.2) is 0 Å². The number of aliphatic hydroxyl groups is 1. The Kier molecular flexibility index (Phi) is 5.54. The molecule has 112 valence electrons. The van der Waals surface area contributed by atoms with Crippen LogP contribution in [0.4, 0.5) is 0 Å². The Bertz CT molecular complexity index is 398. The first kappa shape index (κ1) is 15.4. The fraction of sp³-hybridized carbons (Fsp3) is 0.625. The third kappa shape index (κ3) is 4.03. The second kappa shape index (κ2) is 7.18. The lowest BCUT2D eigenvalue weighted by Crippen LogP contribution is -2.56. The van der Waals surface area contributed by atoms with Crippen molar-refractivity contribution in [2.75, 3.05) is 33.5 Å². The Balaban J connectivity index is 2.06. The molecule has 0 aromatic heterocycles. The first-order valence-corrected chi connectivity index (χ1v) is 7.18. The van der Waals surface area contributed by atoms with Crippen molar-refractivity contribution in [1.29, 1.82) is 0 Å². The zero-order valence-corrected chi connectivity index (χ0v) is 12.4. The maximum absolute atomic E-state index is 9.21. The van der Waals surface area contributed by atoms with Crippen molar-refractivity contribution in [2.45, 2.75) is 31.5 Å². The molecule has 4 nitrogen and oxygen atoms in total. The summed E-state index contributed by atoms with van der Waals surface area (Å²) in [6.45, 7) is 5.25. The van der Waals surface area contributed by atoms with Crippen molar-refractivity contribution >= 4 is 0 Å². The number of hydrogen-bond donors (Lipinski definition) is 1. The average Bonchev–Trinajstić information content (AvgIpc) is 2.43. The van der Waals surface area contributed by atoms with Crippen molar-refractivity contribution in [2.24, 2.45) is 0 Å². The van der Waals surface area contributed by atoms with Crippen molar-refractivity contribution in [3.8, 4) is 0 Å². The van der Waals surface area contributed by atoms with E-state index in [4.69, 9.17) is 9.47 Å². The first-order valence-electron chi connectivity index (χ1n) is 7.18. The summed E-state index contributed by atoms with van der Waals surface area (Å²) < 4.78 is 11.3. The molecule has 0 bridgehead atoms. The highest BCUT2D eigenvalue weighted by atomic mass is 16.5. The second-order valence-corrected chi connectivity index (χ2v) is 5.73. The number of benzene rings is 1. The van der Waals surface area contributed by atoms with Crippen LogP contribution < -0.4 is 0 Å². The van der Waals surface area contributed by atoms with Crippen LogP contribution in [-0.4, -0.2) is 55.1 Å². The maximum atomic E-state index is 9.21. The van der Waals surface area contributed by atoms with E-state index >= 15 is 0 Å². The molecule has 2 atom stereocenters. The van der Waals surface area contributed by atoms with Gasteiger partial charge in [0.05, 0.1) is 24.9 Å². The summed E-state index contributed by atoms with van der Waals surface area (Å²) in [6.07, 6.45) is 0.665. The van der Waals surface area contributed by atoms with Gasteiger partial charge in [0.25, 0.3) is 0 Å². The summed E-state index contributed by atoms with van der Waals surface area (Å²) in [6, 6.07) is 10.7. The third-order valence-corrected chi connectivity index (χ3v) is 3.91. The molecule has 0 amide bonds. The molecule has 0 saturated carbocycles. The van der Waals surface area contributed by atoms with Crippen LogP contribution >= 0.6 is 0 Å². The highest BCUT2D eigenvalue weighted by Crippen LogP contribution is 2.26. The molecule has 1 N–H and O–H groups in total. The highest BCUT2D eigenvalue weighted by molar-refractivity contribution is 5.15. The number of morpholine rings is 1. The maximum Gasteiger partial charge on any atom is 0.0803 e. The Hall–Kier alpha value is -0.940. The number of aliphatic hydroxyl groups excluding tert-OH is 1. The predicted octanol–water partition coefficient (Wildman–Crippen LogP) is 1.67. The molecule has 20 heavy (non-hydrogen) atoms. The lowest BCUT2D eigenvalue weighted by atomic mass is 9.97. The van der Waals surface area contributed by atoms with Crippen molar-refractivity contribution in [3.05, 3.63) is 35.9 Å². The first-order chi connectivity index (χ1) is 9.67. The van der Waals surface area contributed by atoms with E-state index in [1.807, 2.05) is 6.07 Å². The molecule has 2 unspecified atom stereocenters. The van der Waals surface area contributed by atoms with Crippen molar-refractivity contribution in [3.63, 3.8) is 0 Å². The summed E-state index contributed by atoms with van der Waals surface area (Å²) in [7, 11) is 1.72. The number of hydrogen-bond acceptors (Lipinski definition) is 4. The van der Waals surface area contributed by atoms with Gasteiger partial charge in [0.1, 0.15) is 0 Å². The normalized spacial score (nSPS) is 27.6. The van der Waals surface area contributed by atoms with Gasteiger partial charge in [-0.1, -0.05) is 30.3 Å². The van der Waals surface area contributed by atoms with Gasteiger partial charge in [-0.25, -0.2) is 0 Å². The molecule has 1 heterocycles. The van der Waals surface area contributed by atoms with Crippen LogP contribution in [0.25, 0.3) is 0 Å². The van der Waals surface area contributed by atoms with Gasteiger partial charge in [-0.15, -0.1) is 0 Å². The largest absolute Gasteiger partial charge is 0.396 e. The van der Waals surface area contributed by atoms with E-state index in [2.05, 4.69) is 36.1 Å². The molecular formula is C16H25NO3. The van der Waals surface area contributed by atoms with Crippen LogP contribution in [0.3, 0.4) is 0 Å². The predicted molar refractivity (Wildman–Crippen MR) is 78.6 cm³/mol. The molecule has 0 aliphatic carbocycles. The molecule has 1 aliphatic heterocycles. The number of methoxy groups -OCH3 is 1. The van der Waals surface area contributed by atoms with E-state index in [0.717, 1.165) is 13.1 Å². The molecule has 4 heteroatoms. The van der Waals surface area contributed by atoms with E-state index in [0.29, 0.717) is 19.6 Å². The molecule has 0 spiro atoms. The van der Waals surface area contributed by atoms with Gasteiger partial charge in [0, 0.05) is 33.2 Å². The summed E-state index contributed by atoms with van der Waals surface area (Å²) in [5.41, 5.74) is 1.02. The molecule has 0 radical (unpaired) electrons. The standard InChI is InChI=1S/C16H25NO3/c1-16(8-9-18)13-17(15(11-19-2)12-20-16)10-14-6-4-3-5-7-14/h3-7,15,18H,8-13H2,1-2H3. The van der Waals surface area contributed by atoms with Gasteiger partial charge < -0.3 is 14.6 Å². The average molecular weight is 279 g/mol. The molecule has 1 aliphatic rings. The lowest BCUT2D eigenvalue weighted by Gasteiger charge is -2.45. The second-order valence-electron chi connectivity index (χ2n) is 5.73. The van der Waals surface area contributed by atoms with E-state index in [1.165, 1.54) is 5.56 Å². The SMILES string of the molecule is COCC1COC(C)(CCO)CN1Cc1ccccc1. The highest BCUT2D eigenvalue weighted by Gasteiger charge is 2.36. The fourth-order valence-corrected chi connectivity index (χ4v) is 2.74. The number of ether oxygens (including phenoxy) is 2. The monoisotopic (exact) mass is 279 g/mol. The van der Waals surface area contributed by atoms with E-state index in [1.54, 1.807) is 7.11 Å². The zero-order valence-electron chi connectivity index (χ0n) is 12.4. The topological polar surface area (TPSA) is 41.9 Å².